The predicted molar refractivity (Wildman–Crippen MR) is 40.6 cm³/mol. The van der Waals surface area contributed by atoms with Crippen molar-refractivity contribution in [3.8, 4) is 0 Å². The largest absolute Gasteiger partial charge is 0.432 e. The summed E-state index contributed by atoms with van der Waals surface area (Å²) in [6, 6.07) is 4.16. The fourth-order valence-corrected chi connectivity index (χ4v) is 0.890. The molecule has 1 aromatic heterocycles. The van der Waals surface area contributed by atoms with Gasteiger partial charge in [-0.2, -0.15) is 0 Å². The van der Waals surface area contributed by atoms with Gasteiger partial charge in [0, 0.05) is 4.88 Å². The van der Waals surface area contributed by atoms with Gasteiger partial charge in [-0.1, -0.05) is 6.07 Å². The van der Waals surface area contributed by atoms with Gasteiger partial charge in [-0.15, -0.1) is 11.3 Å². The van der Waals surface area contributed by atoms with E-state index in [2.05, 4.69) is 24.4 Å². The molecule has 0 saturated carbocycles. The third-order valence-corrected chi connectivity index (χ3v) is 1.46. The van der Waals surface area contributed by atoms with E-state index in [-0.39, 0.29) is 0 Å². The lowest BCUT2D eigenvalue weighted by molar-refractivity contribution is 0.448. The average molecular weight is 144 g/mol. The summed E-state index contributed by atoms with van der Waals surface area (Å²) in [6.07, 6.45) is 0. The first-order chi connectivity index (χ1) is 4.31. The first kappa shape index (κ1) is 8.68. The van der Waals surface area contributed by atoms with Crippen molar-refractivity contribution in [2.75, 3.05) is 0 Å². The lowest BCUT2D eigenvalue weighted by Gasteiger charge is -1.65. The second-order valence-electron chi connectivity index (χ2n) is 1.37. The Morgan fingerprint density at radius 1 is 1.56 bits per heavy atom. The summed E-state index contributed by atoms with van der Waals surface area (Å²) in [4.78, 5) is 1.38. The Balaban J connectivity index is 0.000000187. The maximum absolute atomic E-state index is 7.12. The zero-order chi connectivity index (χ0) is 7.11. The summed E-state index contributed by atoms with van der Waals surface area (Å²) in [5.41, 5.74) is 0. The lowest BCUT2D eigenvalue weighted by atomic mass is 10.5. The van der Waals surface area contributed by atoms with Crippen LogP contribution in [0.1, 0.15) is 4.88 Å². The topological polar surface area (TPSA) is 40.5 Å². The molecule has 0 aliphatic carbocycles. The van der Waals surface area contributed by atoms with Crippen LogP contribution in [0.25, 0.3) is 0 Å². The molecule has 50 valence electrons. The number of rotatable bonds is 0. The molecular weight excluding hydrogens is 135 g/mol. The molecule has 0 aromatic carbocycles. The Bertz CT molecular complexity index is 130. The van der Waals surface area contributed by atoms with E-state index >= 15 is 0 Å². The Kier molecular flexibility index (Phi) is 5.61. The molecular formula is C5H9BO2S. The third kappa shape index (κ3) is 5.56. The highest BCUT2D eigenvalue weighted by Gasteiger charge is 1.74. The highest BCUT2D eigenvalue weighted by molar-refractivity contribution is 7.09. The van der Waals surface area contributed by atoms with Gasteiger partial charge in [0.05, 0.1) is 0 Å². The molecule has 4 heteroatoms. The molecule has 9 heavy (non-hydrogen) atoms. The van der Waals surface area contributed by atoms with Gasteiger partial charge in [-0.25, -0.2) is 0 Å². The maximum atomic E-state index is 7.12. The highest BCUT2D eigenvalue weighted by Crippen LogP contribution is 2.03. The number of thiophene rings is 1. The minimum absolute atomic E-state index is 0.750. The summed E-state index contributed by atoms with van der Waals surface area (Å²) in [6.45, 7) is 2.10. The van der Waals surface area contributed by atoms with Crippen molar-refractivity contribution >= 4 is 19.0 Å². The number of aryl methyl sites for hydroxylation is 1. The molecule has 0 aliphatic rings. The zero-order valence-electron chi connectivity index (χ0n) is 5.24. The van der Waals surface area contributed by atoms with E-state index < -0.39 is 7.69 Å². The van der Waals surface area contributed by atoms with Gasteiger partial charge in [-0.3, -0.25) is 0 Å². The molecule has 1 rings (SSSR count). The molecule has 0 bridgehead atoms. The molecule has 0 fully saturated rings. The van der Waals surface area contributed by atoms with E-state index in [1.54, 1.807) is 11.3 Å². The molecule has 0 atom stereocenters. The normalized spacial score (nSPS) is 7.44. The molecule has 0 unspecified atom stereocenters. The molecule has 0 saturated heterocycles. The van der Waals surface area contributed by atoms with Crippen LogP contribution in [0.4, 0.5) is 0 Å². The first-order valence-electron chi connectivity index (χ1n) is 2.53. The Morgan fingerprint density at radius 3 is 2.22 bits per heavy atom. The average Bonchev–Trinajstić information content (AvgIpc) is 2.20. The van der Waals surface area contributed by atoms with Crippen LogP contribution < -0.4 is 0 Å². The number of hydrogen-bond donors (Lipinski definition) is 2. The monoisotopic (exact) mass is 144 g/mol. The summed E-state index contributed by atoms with van der Waals surface area (Å²) in [5.74, 6) is 0. The van der Waals surface area contributed by atoms with Crippen molar-refractivity contribution in [2.45, 2.75) is 6.92 Å². The predicted octanol–water partition coefficient (Wildman–Crippen LogP) is 0.294. The van der Waals surface area contributed by atoms with Crippen LogP contribution >= 0.6 is 11.3 Å². The van der Waals surface area contributed by atoms with Gasteiger partial charge in [0.15, 0.2) is 0 Å². The van der Waals surface area contributed by atoms with Gasteiger partial charge in [0.1, 0.15) is 0 Å². The first-order valence-corrected chi connectivity index (χ1v) is 3.41. The molecule has 0 radical (unpaired) electrons. The molecule has 2 nitrogen and oxygen atoms in total. The Labute approximate surface area is 59.1 Å². The van der Waals surface area contributed by atoms with Crippen LogP contribution in [-0.4, -0.2) is 17.7 Å². The van der Waals surface area contributed by atoms with Crippen molar-refractivity contribution in [3.05, 3.63) is 22.4 Å². The van der Waals surface area contributed by atoms with Crippen molar-refractivity contribution in [3.63, 3.8) is 0 Å². The van der Waals surface area contributed by atoms with Gasteiger partial charge in [0.2, 0.25) is 0 Å². The van der Waals surface area contributed by atoms with Gasteiger partial charge in [0.25, 0.3) is 0 Å². The molecule has 0 amide bonds. The van der Waals surface area contributed by atoms with Crippen LogP contribution in [0, 0.1) is 6.92 Å². The summed E-state index contributed by atoms with van der Waals surface area (Å²) in [7, 11) is -0.750. The highest BCUT2D eigenvalue weighted by atomic mass is 32.1. The van der Waals surface area contributed by atoms with Crippen molar-refractivity contribution < 1.29 is 10.0 Å². The lowest BCUT2D eigenvalue weighted by Crippen LogP contribution is -1.75. The Morgan fingerprint density at radius 2 is 2.11 bits per heavy atom. The molecule has 1 heterocycles. The standard InChI is InChI=1S/C5H6S.BH3O2/c1-5-3-2-4-6-5;2-1-3/h2-4H,1H3;1-3H. The summed E-state index contributed by atoms with van der Waals surface area (Å²) < 4.78 is 0. The van der Waals surface area contributed by atoms with Crippen LogP contribution in [0.5, 0.6) is 0 Å². The fourth-order valence-electron chi connectivity index (χ4n) is 0.361. The quantitative estimate of drug-likeness (QED) is 0.514. The summed E-state index contributed by atoms with van der Waals surface area (Å²) in [5, 5.41) is 16.3. The molecule has 1 aromatic rings. The minimum atomic E-state index is -0.750. The molecule has 0 spiro atoms. The maximum Gasteiger partial charge on any atom is 0.432 e. The van der Waals surface area contributed by atoms with Crippen LogP contribution in [0.3, 0.4) is 0 Å². The van der Waals surface area contributed by atoms with E-state index in [0.717, 1.165) is 0 Å². The minimum Gasteiger partial charge on any atom is -0.430 e. The van der Waals surface area contributed by atoms with E-state index in [0.29, 0.717) is 0 Å². The van der Waals surface area contributed by atoms with Crippen molar-refractivity contribution in [1.29, 1.82) is 0 Å². The van der Waals surface area contributed by atoms with Crippen LogP contribution in [0.2, 0.25) is 0 Å². The van der Waals surface area contributed by atoms with Crippen molar-refractivity contribution in [2.24, 2.45) is 0 Å². The Hall–Kier alpha value is -0.315. The zero-order valence-corrected chi connectivity index (χ0v) is 6.06. The second kappa shape index (κ2) is 5.82. The van der Waals surface area contributed by atoms with E-state index in [9.17, 15) is 0 Å². The van der Waals surface area contributed by atoms with E-state index in [1.165, 1.54) is 4.88 Å². The van der Waals surface area contributed by atoms with Crippen LogP contribution in [-0.2, 0) is 0 Å². The second-order valence-corrected chi connectivity index (χ2v) is 2.52. The summed E-state index contributed by atoms with van der Waals surface area (Å²) >= 11 is 1.78. The smallest absolute Gasteiger partial charge is 0.430 e. The van der Waals surface area contributed by atoms with E-state index in [4.69, 9.17) is 10.0 Å². The van der Waals surface area contributed by atoms with Crippen molar-refractivity contribution in [1.82, 2.24) is 0 Å². The van der Waals surface area contributed by atoms with E-state index in [1.807, 2.05) is 0 Å². The van der Waals surface area contributed by atoms with Gasteiger partial charge >= 0.3 is 7.69 Å². The van der Waals surface area contributed by atoms with Gasteiger partial charge in [-0.05, 0) is 18.4 Å². The van der Waals surface area contributed by atoms with Gasteiger partial charge < -0.3 is 10.0 Å². The SMILES string of the molecule is Cc1cccs1.OBO. The van der Waals surface area contributed by atoms with Crippen LogP contribution in [0.15, 0.2) is 17.5 Å². The fraction of sp³-hybridized carbons (Fsp3) is 0.200. The molecule has 2 N–H and O–H groups in total. The number of hydrogen-bond acceptors (Lipinski definition) is 3. The molecule has 0 aliphatic heterocycles. The third-order valence-electron chi connectivity index (χ3n) is 0.663.